The molecule has 0 radical (unpaired) electrons. The summed E-state index contributed by atoms with van der Waals surface area (Å²) >= 11 is 3.42. The summed E-state index contributed by atoms with van der Waals surface area (Å²) < 4.78 is 9.80. The first-order valence-electron chi connectivity index (χ1n) is 7.98. The van der Waals surface area contributed by atoms with E-state index in [9.17, 15) is 14.4 Å². The first kappa shape index (κ1) is 21.0. The van der Waals surface area contributed by atoms with Gasteiger partial charge in [-0.15, -0.1) is 0 Å². The lowest BCUT2D eigenvalue weighted by molar-refractivity contribution is -0.152. The van der Waals surface area contributed by atoms with E-state index < -0.39 is 24.2 Å². The smallest absolute Gasteiger partial charge is 0.408 e. The van der Waals surface area contributed by atoms with Gasteiger partial charge in [0.1, 0.15) is 6.04 Å². The number of hydrogen-bond acceptors (Lipinski definition) is 7. The minimum absolute atomic E-state index is 0.0925. The van der Waals surface area contributed by atoms with Crippen LogP contribution < -0.4 is 5.32 Å². The molecular formula is C15H26N2O5S2. The average molecular weight is 379 g/mol. The minimum atomic E-state index is -1.01. The molecule has 1 N–H and O–H groups in total. The highest BCUT2D eigenvalue weighted by molar-refractivity contribution is 7.99. The molecule has 0 aromatic rings. The number of ether oxygens (including phenoxy) is 2. The summed E-state index contributed by atoms with van der Waals surface area (Å²) in [6.07, 6.45) is 0.682. The van der Waals surface area contributed by atoms with Crippen LogP contribution in [0.4, 0.5) is 4.79 Å². The van der Waals surface area contributed by atoms with Gasteiger partial charge in [0.15, 0.2) is 6.10 Å². The number of amides is 2. The molecule has 0 unspecified atom stereocenters. The number of hydrogen-bond donors (Lipinski definition) is 1. The zero-order valence-corrected chi connectivity index (χ0v) is 16.0. The van der Waals surface area contributed by atoms with Gasteiger partial charge in [-0.2, -0.15) is 23.5 Å². The maximum Gasteiger partial charge on any atom is 0.408 e. The first-order valence-corrected chi connectivity index (χ1v) is 10.5. The second kappa shape index (κ2) is 11.5. The van der Waals surface area contributed by atoms with E-state index >= 15 is 0 Å². The van der Waals surface area contributed by atoms with Gasteiger partial charge in [0.2, 0.25) is 5.91 Å². The summed E-state index contributed by atoms with van der Waals surface area (Å²) in [5.74, 6) is 1.86. The van der Waals surface area contributed by atoms with Gasteiger partial charge in [0, 0.05) is 24.6 Å². The number of alkyl carbamates (subject to hydrolysis) is 1. The monoisotopic (exact) mass is 378 g/mol. The number of carbonyl (C=O) groups excluding carboxylic acids is 3. The van der Waals surface area contributed by atoms with Crippen LogP contribution in [0.1, 0.15) is 20.3 Å². The quantitative estimate of drug-likeness (QED) is 0.638. The Hall–Kier alpha value is -1.09. The van der Waals surface area contributed by atoms with Crippen LogP contribution in [-0.4, -0.2) is 78.2 Å². The summed E-state index contributed by atoms with van der Waals surface area (Å²) in [6, 6.07) is -0.637. The molecule has 1 heterocycles. The average Bonchev–Trinajstić information content (AvgIpc) is 2.58. The first-order chi connectivity index (χ1) is 11.5. The molecule has 0 aromatic carbocycles. The van der Waals surface area contributed by atoms with Crippen LogP contribution in [0.25, 0.3) is 0 Å². The van der Waals surface area contributed by atoms with Crippen molar-refractivity contribution in [2.45, 2.75) is 32.4 Å². The topological polar surface area (TPSA) is 84.9 Å². The van der Waals surface area contributed by atoms with Gasteiger partial charge in [-0.3, -0.25) is 4.79 Å². The van der Waals surface area contributed by atoms with E-state index in [0.29, 0.717) is 19.5 Å². The normalized spacial score (nSPS) is 16.9. The van der Waals surface area contributed by atoms with E-state index in [0.717, 1.165) is 17.3 Å². The molecule has 0 spiro atoms. The second-order valence-electron chi connectivity index (χ2n) is 5.22. The van der Waals surface area contributed by atoms with Crippen molar-refractivity contribution in [3.8, 4) is 0 Å². The summed E-state index contributed by atoms with van der Waals surface area (Å²) in [4.78, 5) is 37.9. The van der Waals surface area contributed by atoms with Crippen LogP contribution in [-0.2, 0) is 19.1 Å². The third-order valence-corrected chi connectivity index (χ3v) is 5.01. The van der Waals surface area contributed by atoms with Crippen LogP contribution in [0.2, 0.25) is 0 Å². The Morgan fingerprint density at radius 3 is 2.54 bits per heavy atom. The molecule has 0 aliphatic carbocycles. The number of thioether (sulfide) groups is 2. The molecule has 1 rings (SSSR count). The summed E-state index contributed by atoms with van der Waals surface area (Å²) in [7, 11) is 0. The van der Waals surface area contributed by atoms with Crippen molar-refractivity contribution in [1.82, 2.24) is 10.2 Å². The summed E-state index contributed by atoms with van der Waals surface area (Å²) in [5.41, 5.74) is 0. The Bertz CT molecular complexity index is 430. The Labute approximate surface area is 151 Å². The predicted octanol–water partition coefficient (Wildman–Crippen LogP) is 1.36. The standard InChI is InChI=1S/C15H26N2O5S2/c1-4-21-14(19)11(2)22-15(20)16-12(5-8-23-3)13(18)17-6-9-24-10-7-17/h11-12H,4-10H2,1-3H3,(H,16,20)/t11-,12-/m0/s1. The molecule has 1 aliphatic heterocycles. The van der Waals surface area contributed by atoms with Crippen molar-refractivity contribution in [1.29, 1.82) is 0 Å². The van der Waals surface area contributed by atoms with E-state index in [1.807, 2.05) is 18.0 Å². The highest BCUT2D eigenvalue weighted by Crippen LogP contribution is 2.12. The van der Waals surface area contributed by atoms with Crippen LogP contribution in [0.3, 0.4) is 0 Å². The Kier molecular flexibility index (Phi) is 10.0. The zero-order valence-electron chi connectivity index (χ0n) is 14.4. The van der Waals surface area contributed by atoms with Gasteiger partial charge in [0.25, 0.3) is 0 Å². The molecule has 7 nitrogen and oxygen atoms in total. The summed E-state index contributed by atoms with van der Waals surface area (Å²) in [6.45, 7) is 4.72. The van der Waals surface area contributed by atoms with Gasteiger partial charge < -0.3 is 19.7 Å². The largest absolute Gasteiger partial charge is 0.463 e. The third kappa shape index (κ3) is 7.21. The minimum Gasteiger partial charge on any atom is -0.463 e. The number of nitrogens with zero attached hydrogens (tertiary/aromatic N) is 1. The van der Waals surface area contributed by atoms with Crippen LogP contribution >= 0.6 is 23.5 Å². The van der Waals surface area contributed by atoms with Gasteiger partial charge in [0.05, 0.1) is 6.61 Å². The van der Waals surface area contributed by atoms with Gasteiger partial charge in [-0.1, -0.05) is 0 Å². The number of carbonyl (C=O) groups is 3. The molecule has 2 atom stereocenters. The molecule has 1 fully saturated rings. The SMILES string of the molecule is CCOC(=O)[C@H](C)OC(=O)N[C@@H](CCSC)C(=O)N1CCSCC1. The fourth-order valence-corrected chi connectivity index (χ4v) is 3.52. The van der Waals surface area contributed by atoms with E-state index in [-0.39, 0.29) is 12.5 Å². The molecule has 0 saturated carbocycles. The Balaban J connectivity index is 2.58. The fourth-order valence-electron chi connectivity index (χ4n) is 2.14. The van der Waals surface area contributed by atoms with Crippen LogP contribution in [0.5, 0.6) is 0 Å². The molecule has 0 aromatic heterocycles. The van der Waals surface area contributed by atoms with E-state index in [2.05, 4.69) is 5.32 Å². The number of esters is 1. The molecule has 2 amide bonds. The van der Waals surface area contributed by atoms with Gasteiger partial charge in [-0.05, 0) is 32.3 Å². The highest BCUT2D eigenvalue weighted by Gasteiger charge is 2.28. The van der Waals surface area contributed by atoms with Crippen LogP contribution in [0.15, 0.2) is 0 Å². The molecule has 0 bridgehead atoms. The van der Waals surface area contributed by atoms with Gasteiger partial charge >= 0.3 is 12.1 Å². The molecule has 1 saturated heterocycles. The van der Waals surface area contributed by atoms with Crippen molar-refractivity contribution in [2.24, 2.45) is 0 Å². The van der Waals surface area contributed by atoms with E-state index in [1.165, 1.54) is 6.92 Å². The number of rotatable bonds is 8. The highest BCUT2D eigenvalue weighted by atomic mass is 32.2. The molecule has 9 heteroatoms. The van der Waals surface area contributed by atoms with Crippen molar-refractivity contribution in [3.05, 3.63) is 0 Å². The lowest BCUT2D eigenvalue weighted by atomic mass is 10.2. The maximum absolute atomic E-state index is 12.6. The fraction of sp³-hybridized carbons (Fsp3) is 0.800. The van der Waals surface area contributed by atoms with E-state index in [1.54, 1.807) is 23.6 Å². The third-order valence-electron chi connectivity index (χ3n) is 3.43. The van der Waals surface area contributed by atoms with Crippen LogP contribution in [0, 0.1) is 0 Å². The Morgan fingerprint density at radius 2 is 1.96 bits per heavy atom. The lowest BCUT2D eigenvalue weighted by Crippen LogP contribution is -2.51. The molecular weight excluding hydrogens is 352 g/mol. The summed E-state index contributed by atoms with van der Waals surface area (Å²) in [5, 5.41) is 2.60. The second-order valence-corrected chi connectivity index (χ2v) is 7.43. The van der Waals surface area contributed by atoms with Crippen molar-refractivity contribution in [2.75, 3.05) is 43.2 Å². The molecule has 24 heavy (non-hydrogen) atoms. The predicted molar refractivity (Wildman–Crippen MR) is 96.4 cm³/mol. The molecule has 138 valence electrons. The number of nitrogens with one attached hydrogen (secondary N) is 1. The van der Waals surface area contributed by atoms with Crippen molar-refractivity contribution in [3.63, 3.8) is 0 Å². The van der Waals surface area contributed by atoms with E-state index in [4.69, 9.17) is 9.47 Å². The zero-order chi connectivity index (χ0) is 17.9. The van der Waals surface area contributed by atoms with Crippen molar-refractivity contribution < 1.29 is 23.9 Å². The Morgan fingerprint density at radius 1 is 1.29 bits per heavy atom. The molecule has 1 aliphatic rings. The lowest BCUT2D eigenvalue weighted by Gasteiger charge is -2.30. The maximum atomic E-state index is 12.6. The van der Waals surface area contributed by atoms with Gasteiger partial charge in [-0.25, -0.2) is 9.59 Å². The van der Waals surface area contributed by atoms with Crippen molar-refractivity contribution >= 4 is 41.5 Å².